The molecule has 2 aromatic carbocycles. The van der Waals surface area contributed by atoms with Crippen molar-refractivity contribution in [2.45, 2.75) is 13.5 Å². The van der Waals surface area contributed by atoms with E-state index in [-0.39, 0.29) is 12.5 Å². The van der Waals surface area contributed by atoms with Gasteiger partial charge in [0.15, 0.2) is 0 Å². The Kier molecular flexibility index (Phi) is 5.16. The Labute approximate surface area is 135 Å². The molecule has 4 nitrogen and oxygen atoms in total. The number of rotatable bonds is 4. The summed E-state index contributed by atoms with van der Waals surface area (Å²) in [6.07, 6.45) is 5.48. The number of hydrogen-bond acceptors (Lipinski definition) is 3. The van der Waals surface area contributed by atoms with Gasteiger partial charge in [0.1, 0.15) is 6.61 Å². The molecule has 0 spiro atoms. The number of ether oxygens (including phenoxy) is 1. The molecule has 0 atom stereocenters. The van der Waals surface area contributed by atoms with E-state index in [1.807, 2.05) is 30.3 Å². The van der Waals surface area contributed by atoms with Gasteiger partial charge in [-0.25, -0.2) is 4.79 Å². The van der Waals surface area contributed by atoms with Crippen molar-refractivity contribution in [2.24, 2.45) is 0 Å². The van der Waals surface area contributed by atoms with E-state index in [0.29, 0.717) is 16.8 Å². The Morgan fingerprint density at radius 3 is 2.48 bits per heavy atom. The van der Waals surface area contributed by atoms with Crippen molar-refractivity contribution in [2.75, 3.05) is 11.9 Å². The van der Waals surface area contributed by atoms with Crippen molar-refractivity contribution >= 4 is 17.6 Å². The van der Waals surface area contributed by atoms with Crippen molar-refractivity contribution < 1.29 is 14.3 Å². The zero-order valence-electron chi connectivity index (χ0n) is 13.1. The summed E-state index contributed by atoms with van der Waals surface area (Å²) < 4.78 is 5.27. The minimum atomic E-state index is -0.456. The molecule has 0 aliphatic carbocycles. The Morgan fingerprint density at radius 2 is 1.87 bits per heavy atom. The lowest BCUT2D eigenvalue weighted by molar-refractivity contribution is -0.116. The highest BCUT2D eigenvalue weighted by atomic mass is 16.5. The van der Waals surface area contributed by atoms with Crippen molar-refractivity contribution in [3.05, 3.63) is 65.2 Å². The predicted molar refractivity (Wildman–Crippen MR) is 89.0 cm³/mol. The number of hydrogen-bond donors (Lipinski definition) is 0. The van der Waals surface area contributed by atoms with Crippen LogP contribution in [0.4, 0.5) is 5.69 Å². The molecule has 2 rings (SSSR count). The van der Waals surface area contributed by atoms with Crippen LogP contribution in [-0.4, -0.2) is 18.9 Å². The maximum absolute atomic E-state index is 12.1. The van der Waals surface area contributed by atoms with Crippen LogP contribution in [0.3, 0.4) is 0 Å². The van der Waals surface area contributed by atoms with Crippen molar-refractivity contribution in [1.82, 2.24) is 0 Å². The van der Waals surface area contributed by atoms with Gasteiger partial charge in [-0.05, 0) is 23.8 Å². The van der Waals surface area contributed by atoms with Gasteiger partial charge < -0.3 is 9.64 Å². The average Bonchev–Trinajstić information content (AvgIpc) is 2.59. The van der Waals surface area contributed by atoms with Crippen molar-refractivity contribution in [3.8, 4) is 12.3 Å². The molecule has 0 aromatic heterocycles. The van der Waals surface area contributed by atoms with Gasteiger partial charge in [-0.2, -0.15) is 0 Å². The van der Waals surface area contributed by atoms with Gasteiger partial charge in [-0.15, -0.1) is 6.42 Å². The van der Waals surface area contributed by atoms with Gasteiger partial charge in [0.2, 0.25) is 5.91 Å². The van der Waals surface area contributed by atoms with E-state index in [2.05, 4.69) is 5.92 Å². The number of carbonyl (C=O) groups is 2. The van der Waals surface area contributed by atoms with Gasteiger partial charge in [-0.1, -0.05) is 36.3 Å². The highest BCUT2D eigenvalue weighted by Crippen LogP contribution is 2.21. The van der Waals surface area contributed by atoms with E-state index in [0.717, 1.165) is 5.56 Å². The van der Waals surface area contributed by atoms with Gasteiger partial charge in [0.25, 0.3) is 0 Å². The quantitative estimate of drug-likeness (QED) is 0.644. The van der Waals surface area contributed by atoms with Crippen molar-refractivity contribution in [1.29, 1.82) is 0 Å². The first-order valence-corrected chi connectivity index (χ1v) is 7.09. The molecule has 0 saturated heterocycles. The number of carbonyl (C=O) groups excluding carboxylic acids is 2. The monoisotopic (exact) mass is 307 g/mol. The van der Waals surface area contributed by atoms with E-state index in [9.17, 15) is 9.59 Å². The maximum Gasteiger partial charge on any atom is 0.338 e. The summed E-state index contributed by atoms with van der Waals surface area (Å²) in [5, 5.41) is 0. The largest absolute Gasteiger partial charge is 0.457 e. The Morgan fingerprint density at radius 1 is 1.17 bits per heavy atom. The Hall–Kier alpha value is -3.06. The lowest BCUT2D eigenvalue weighted by Crippen LogP contribution is -2.23. The lowest BCUT2D eigenvalue weighted by atomic mass is 10.1. The van der Waals surface area contributed by atoms with Crippen LogP contribution >= 0.6 is 0 Å². The van der Waals surface area contributed by atoms with E-state index < -0.39 is 5.97 Å². The van der Waals surface area contributed by atoms with Crippen LogP contribution in [0.25, 0.3) is 0 Å². The number of anilines is 1. The topological polar surface area (TPSA) is 46.6 Å². The first-order chi connectivity index (χ1) is 11.0. The minimum Gasteiger partial charge on any atom is -0.457 e. The Balaban J connectivity index is 2.15. The lowest BCUT2D eigenvalue weighted by Gasteiger charge is -2.17. The van der Waals surface area contributed by atoms with Gasteiger partial charge in [-0.3, -0.25) is 4.79 Å². The predicted octanol–water partition coefficient (Wildman–Crippen LogP) is 3.01. The molecule has 1 amide bonds. The van der Waals surface area contributed by atoms with Crippen LogP contribution in [0, 0.1) is 12.3 Å². The Bertz CT molecular complexity index is 760. The summed E-state index contributed by atoms with van der Waals surface area (Å²) in [4.78, 5) is 25.0. The molecule has 0 heterocycles. The second-order valence-corrected chi connectivity index (χ2v) is 5.02. The first-order valence-electron chi connectivity index (χ1n) is 7.09. The standard InChI is InChI=1S/C19H17NO3/c1-4-16-12-17(10-11-18(16)20(3)14(2)21)19(22)23-13-15-8-6-5-7-9-15/h1,5-12H,13H2,2-3H3. The minimum absolute atomic E-state index is 0.138. The molecule has 0 saturated carbocycles. The van der Waals surface area contributed by atoms with E-state index >= 15 is 0 Å². The molecule has 116 valence electrons. The second-order valence-electron chi connectivity index (χ2n) is 5.02. The average molecular weight is 307 g/mol. The third-order valence-electron chi connectivity index (χ3n) is 3.43. The molecule has 0 bridgehead atoms. The number of esters is 1. The van der Waals surface area contributed by atoms with Gasteiger partial charge in [0.05, 0.1) is 11.3 Å². The molecule has 0 fully saturated rings. The second kappa shape index (κ2) is 7.28. The summed E-state index contributed by atoms with van der Waals surface area (Å²) in [7, 11) is 1.63. The summed E-state index contributed by atoms with van der Waals surface area (Å²) in [6.45, 7) is 1.64. The molecule has 0 N–H and O–H groups in total. The fourth-order valence-corrected chi connectivity index (χ4v) is 2.05. The zero-order valence-corrected chi connectivity index (χ0v) is 13.1. The molecular formula is C19H17NO3. The molecule has 0 unspecified atom stereocenters. The third kappa shape index (κ3) is 3.98. The smallest absolute Gasteiger partial charge is 0.338 e. The van der Waals surface area contributed by atoms with E-state index in [1.165, 1.54) is 11.8 Å². The summed E-state index contributed by atoms with van der Waals surface area (Å²) in [6, 6.07) is 14.2. The number of amides is 1. The van der Waals surface area contributed by atoms with Crippen LogP contribution in [0.1, 0.15) is 28.4 Å². The van der Waals surface area contributed by atoms with Crippen LogP contribution in [0.15, 0.2) is 48.5 Å². The summed E-state index contributed by atoms with van der Waals surface area (Å²) in [5.74, 6) is 1.90. The SMILES string of the molecule is C#Cc1cc(C(=O)OCc2ccccc2)ccc1N(C)C(C)=O. The number of terminal acetylenes is 1. The fraction of sp³-hybridized carbons (Fsp3) is 0.158. The van der Waals surface area contributed by atoms with Gasteiger partial charge in [0, 0.05) is 19.5 Å². The maximum atomic E-state index is 12.1. The third-order valence-corrected chi connectivity index (χ3v) is 3.43. The normalized spacial score (nSPS) is 9.78. The molecule has 2 aromatic rings. The number of benzene rings is 2. The van der Waals surface area contributed by atoms with Crippen LogP contribution < -0.4 is 4.90 Å². The van der Waals surface area contributed by atoms with Crippen LogP contribution in [-0.2, 0) is 16.1 Å². The summed E-state index contributed by atoms with van der Waals surface area (Å²) >= 11 is 0. The molecule has 0 radical (unpaired) electrons. The highest BCUT2D eigenvalue weighted by Gasteiger charge is 2.14. The molecule has 0 aliphatic rings. The molecule has 23 heavy (non-hydrogen) atoms. The van der Waals surface area contributed by atoms with Crippen LogP contribution in [0.2, 0.25) is 0 Å². The van der Waals surface area contributed by atoms with Crippen LogP contribution in [0.5, 0.6) is 0 Å². The first kappa shape index (κ1) is 16.3. The zero-order chi connectivity index (χ0) is 16.8. The molecule has 4 heteroatoms. The fourth-order valence-electron chi connectivity index (χ4n) is 2.05. The molecule has 0 aliphatic heterocycles. The van der Waals surface area contributed by atoms with Crippen molar-refractivity contribution in [3.63, 3.8) is 0 Å². The summed E-state index contributed by atoms with van der Waals surface area (Å²) in [5.41, 5.74) is 2.32. The highest BCUT2D eigenvalue weighted by molar-refractivity contribution is 5.95. The molecular weight excluding hydrogens is 290 g/mol. The van der Waals surface area contributed by atoms with E-state index in [4.69, 9.17) is 11.2 Å². The van der Waals surface area contributed by atoms with E-state index in [1.54, 1.807) is 25.2 Å². The number of nitrogens with zero attached hydrogens (tertiary/aromatic N) is 1. The van der Waals surface area contributed by atoms with Gasteiger partial charge >= 0.3 is 5.97 Å².